The molecule has 2 amide bonds. The van der Waals surface area contributed by atoms with Gasteiger partial charge in [-0.25, -0.2) is 4.39 Å². The lowest BCUT2D eigenvalue weighted by molar-refractivity contribution is -0.119. The topological polar surface area (TPSA) is 58.2 Å². The number of halogens is 2. The van der Waals surface area contributed by atoms with Crippen LogP contribution in [0.5, 0.6) is 0 Å². The Kier molecular flexibility index (Phi) is 6.43. The van der Waals surface area contributed by atoms with Crippen molar-refractivity contribution in [2.75, 3.05) is 5.75 Å². The van der Waals surface area contributed by atoms with Gasteiger partial charge in [0.05, 0.1) is 5.75 Å². The van der Waals surface area contributed by atoms with Crippen LogP contribution in [0.25, 0.3) is 0 Å². The Labute approximate surface area is 142 Å². The van der Waals surface area contributed by atoms with Crippen LogP contribution in [0.3, 0.4) is 0 Å². The van der Waals surface area contributed by atoms with Crippen molar-refractivity contribution in [1.29, 1.82) is 0 Å². The summed E-state index contributed by atoms with van der Waals surface area (Å²) in [6, 6.07) is 12.4. The summed E-state index contributed by atoms with van der Waals surface area (Å²) in [5.74, 6) is -0.382. The fourth-order valence-corrected chi connectivity index (χ4v) is 2.59. The SMILES string of the molecule is O=C(CSCc1ccc(Cl)cc1)NNC(=O)c1ccc(F)cc1. The first-order chi connectivity index (χ1) is 11.0. The van der Waals surface area contributed by atoms with Gasteiger partial charge in [-0.3, -0.25) is 20.4 Å². The Balaban J connectivity index is 1.69. The van der Waals surface area contributed by atoms with Crippen LogP contribution < -0.4 is 10.9 Å². The van der Waals surface area contributed by atoms with Gasteiger partial charge in [0.1, 0.15) is 5.82 Å². The van der Waals surface area contributed by atoms with E-state index < -0.39 is 11.7 Å². The lowest BCUT2D eigenvalue weighted by Crippen LogP contribution is -2.42. The molecule has 0 radical (unpaired) electrons. The first-order valence-electron chi connectivity index (χ1n) is 6.71. The Morgan fingerprint density at radius 2 is 1.65 bits per heavy atom. The Morgan fingerprint density at radius 1 is 1.00 bits per heavy atom. The average Bonchev–Trinajstić information content (AvgIpc) is 2.55. The van der Waals surface area contributed by atoms with Crippen molar-refractivity contribution in [3.8, 4) is 0 Å². The number of rotatable bonds is 5. The maximum absolute atomic E-state index is 12.8. The van der Waals surface area contributed by atoms with Gasteiger partial charge in [0.2, 0.25) is 5.91 Å². The molecule has 0 heterocycles. The number of hydrazine groups is 1. The number of amides is 2. The molecule has 0 bridgehead atoms. The maximum atomic E-state index is 12.8. The second-order valence-electron chi connectivity index (χ2n) is 4.63. The predicted molar refractivity (Wildman–Crippen MR) is 89.6 cm³/mol. The fraction of sp³-hybridized carbons (Fsp3) is 0.125. The summed E-state index contributed by atoms with van der Waals surface area (Å²) in [6.07, 6.45) is 0. The van der Waals surface area contributed by atoms with Crippen LogP contribution in [-0.2, 0) is 10.5 Å². The molecule has 0 unspecified atom stereocenters. The molecule has 2 rings (SSSR count). The zero-order valence-corrected chi connectivity index (χ0v) is 13.6. The highest BCUT2D eigenvalue weighted by Gasteiger charge is 2.07. The summed E-state index contributed by atoms with van der Waals surface area (Å²) >= 11 is 7.21. The molecule has 0 aliphatic heterocycles. The van der Waals surface area contributed by atoms with Crippen LogP contribution in [0, 0.1) is 5.82 Å². The molecule has 0 aliphatic carbocycles. The second-order valence-corrected chi connectivity index (χ2v) is 6.05. The van der Waals surface area contributed by atoms with E-state index in [1.807, 2.05) is 12.1 Å². The molecule has 23 heavy (non-hydrogen) atoms. The maximum Gasteiger partial charge on any atom is 0.269 e. The van der Waals surface area contributed by atoms with Crippen LogP contribution in [-0.4, -0.2) is 17.6 Å². The first-order valence-corrected chi connectivity index (χ1v) is 8.25. The van der Waals surface area contributed by atoms with Gasteiger partial charge in [-0.05, 0) is 42.0 Å². The van der Waals surface area contributed by atoms with Gasteiger partial charge in [-0.1, -0.05) is 23.7 Å². The quantitative estimate of drug-likeness (QED) is 0.813. The van der Waals surface area contributed by atoms with Crippen molar-refractivity contribution in [2.24, 2.45) is 0 Å². The molecule has 2 aromatic rings. The summed E-state index contributed by atoms with van der Waals surface area (Å²) in [6.45, 7) is 0. The third kappa shape index (κ3) is 5.92. The minimum absolute atomic E-state index is 0.201. The minimum Gasteiger partial charge on any atom is -0.272 e. The highest BCUT2D eigenvalue weighted by molar-refractivity contribution is 7.99. The van der Waals surface area contributed by atoms with Crippen LogP contribution in [0.1, 0.15) is 15.9 Å². The van der Waals surface area contributed by atoms with Crippen LogP contribution in [0.2, 0.25) is 5.02 Å². The van der Waals surface area contributed by atoms with Gasteiger partial charge >= 0.3 is 0 Å². The second kappa shape index (κ2) is 8.55. The van der Waals surface area contributed by atoms with Crippen LogP contribution >= 0.6 is 23.4 Å². The van der Waals surface area contributed by atoms with Crippen LogP contribution in [0.15, 0.2) is 48.5 Å². The van der Waals surface area contributed by atoms with E-state index in [1.54, 1.807) is 12.1 Å². The minimum atomic E-state index is -0.499. The molecule has 0 atom stereocenters. The standard InChI is InChI=1S/C16H14ClFN2O2S/c17-13-5-1-11(2-6-13)9-23-10-15(21)19-20-16(22)12-3-7-14(18)8-4-12/h1-8H,9-10H2,(H,19,21)(H,20,22). The van der Waals surface area contributed by atoms with Gasteiger partial charge in [-0.15, -0.1) is 11.8 Å². The molecule has 2 aromatic carbocycles. The van der Waals surface area contributed by atoms with E-state index in [4.69, 9.17) is 11.6 Å². The number of benzene rings is 2. The first kappa shape index (κ1) is 17.3. The molecule has 0 spiro atoms. The number of thioether (sulfide) groups is 1. The van der Waals surface area contributed by atoms with Crippen molar-refractivity contribution in [3.05, 3.63) is 70.5 Å². The van der Waals surface area contributed by atoms with E-state index >= 15 is 0 Å². The van der Waals surface area contributed by atoms with Crippen LogP contribution in [0.4, 0.5) is 4.39 Å². The lowest BCUT2D eigenvalue weighted by atomic mass is 10.2. The molecule has 0 fully saturated rings. The molecule has 0 aliphatic rings. The zero-order chi connectivity index (χ0) is 16.7. The Bertz CT molecular complexity index is 677. The van der Waals surface area contributed by atoms with E-state index in [9.17, 15) is 14.0 Å². The van der Waals surface area contributed by atoms with Gasteiger partial charge in [-0.2, -0.15) is 0 Å². The molecular weight excluding hydrogens is 339 g/mol. The van der Waals surface area contributed by atoms with E-state index in [-0.39, 0.29) is 17.2 Å². The fourth-order valence-electron chi connectivity index (χ4n) is 1.68. The van der Waals surface area contributed by atoms with Crippen molar-refractivity contribution < 1.29 is 14.0 Å². The van der Waals surface area contributed by atoms with E-state index in [2.05, 4.69) is 10.9 Å². The Hall–Kier alpha value is -2.05. The summed E-state index contributed by atoms with van der Waals surface area (Å²) in [7, 11) is 0. The third-order valence-electron chi connectivity index (χ3n) is 2.84. The summed E-state index contributed by atoms with van der Waals surface area (Å²) in [5.41, 5.74) is 5.92. The van der Waals surface area contributed by atoms with Crippen molar-refractivity contribution in [1.82, 2.24) is 10.9 Å². The predicted octanol–water partition coefficient (Wildman–Crippen LogP) is 3.17. The van der Waals surface area contributed by atoms with E-state index in [0.717, 1.165) is 5.56 Å². The molecule has 4 nitrogen and oxygen atoms in total. The highest BCUT2D eigenvalue weighted by Crippen LogP contribution is 2.15. The molecular formula is C16H14ClFN2O2S. The van der Waals surface area contributed by atoms with E-state index in [0.29, 0.717) is 10.8 Å². The van der Waals surface area contributed by atoms with Crippen molar-refractivity contribution in [2.45, 2.75) is 5.75 Å². The largest absolute Gasteiger partial charge is 0.272 e. The Morgan fingerprint density at radius 3 is 2.30 bits per heavy atom. The third-order valence-corrected chi connectivity index (χ3v) is 4.09. The molecule has 0 saturated carbocycles. The molecule has 0 aromatic heterocycles. The van der Waals surface area contributed by atoms with Crippen molar-refractivity contribution in [3.63, 3.8) is 0 Å². The number of carbonyl (C=O) groups excluding carboxylic acids is 2. The van der Waals surface area contributed by atoms with E-state index in [1.165, 1.54) is 36.0 Å². The normalized spacial score (nSPS) is 10.2. The summed E-state index contributed by atoms with van der Waals surface area (Å²) < 4.78 is 12.8. The number of nitrogens with one attached hydrogen (secondary N) is 2. The summed E-state index contributed by atoms with van der Waals surface area (Å²) in [4.78, 5) is 23.4. The monoisotopic (exact) mass is 352 g/mol. The van der Waals surface area contributed by atoms with Gasteiger partial charge < -0.3 is 0 Å². The molecule has 2 N–H and O–H groups in total. The average molecular weight is 353 g/mol. The van der Waals surface area contributed by atoms with Gasteiger partial charge in [0.25, 0.3) is 5.91 Å². The molecule has 120 valence electrons. The highest BCUT2D eigenvalue weighted by atomic mass is 35.5. The zero-order valence-electron chi connectivity index (χ0n) is 12.0. The number of hydrogen-bond donors (Lipinski definition) is 2. The lowest BCUT2D eigenvalue weighted by Gasteiger charge is -2.07. The smallest absolute Gasteiger partial charge is 0.269 e. The molecule has 0 saturated heterocycles. The summed E-state index contributed by atoms with van der Waals surface area (Å²) in [5, 5.41) is 0.667. The van der Waals surface area contributed by atoms with Gasteiger partial charge in [0, 0.05) is 16.3 Å². The van der Waals surface area contributed by atoms with Crippen molar-refractivity contribution >= 4 is 35.2 Å². The number of hydrogen-bond acceptors (Lipinski definition) is 3. The van der Waals surface area contributed by atoms with Gasteiger partial charge in [0.15, 0.2) is 0 Å². The molecule has 7 heteroatoms. The number of carbonyl (C=O) groups is 2.